The zero-order valence-corrected chi connectivity index (χ0v) is 19.4. The molecule has 0 radical (unpaired) electrons. The molecule has 174 valence electrons. The number of nitrogens with zero attached hydrogens (tertiary/aromatic N) is 3. The summed E-state index contributed by atoms with van der Waals surface area (Å²) in [4.78, 5) is 30.2. The van der Waals surface area contributed by atoms with Crippen molar-refractivity contribution < 1.29 is 14.3 Å². The third-order valence-corrected chi connectivity index (χ3v) is 6.37. The molecule has 0 bridgehead atoms. The molecule has 4 aromatic rings. The maximum Gasteiger partial charge on any atom is 0.341 e. The number of methoxy groups -OCH3 is 1. The Balaban J connectivity index is 1.52. The van der Waals surface area contributed by atoms with Gasteiger partial charge in [0, 0.05) is 18.2 Å². The molecule has 1 fully saturated rings. The fraction of sp³-hybridized carbons (Fsp3) is 0.296. The SMILES string of the molecule is CCC(=O)n1c(=O)n(-c2ccc(-c3ccc(OC)c(OC4CCCC4)c3)cn2)c2ccccc21. The summed E-state index contributed by atoms with van der Waals surface area (Å²) in [5.41, 5.74) is 2.65. The number of para-hydroxylation sites is 2. The van der Waals surface area contributed by atoms with Crippen molar-refractivity contribution in [2.24, 2.45) is 0 Å². The summed E-state index contributed by atoms with van der Waals surface area (Å²) < 4.78 is 14.4. The molecule has 1 aliphatic carbocycles. The summed E-state index contributed by atoms with van der Waals surface area (Å²) in [6.45, 7) is 1.74. The number of imidazole rings is 1. The standard InChI is InChI=1S/C27H27N3O4/c1-3-26(31)30-22-11-7-6-10-21(22)29(27(30)32)25-15-13-19(17-28-25)18-12-14-23(33-2)24(16-18)34-20-8-4-5-9-20/h6-7,10-17,20H,3-5,8-9H2,1-2H3. The second kappa shape index (κ2) is 9.17. The number of aromatic nitrogens is 3. The lowest BCUT2D eigenvalue weighted by Crippen LogP contribution is -2.28. The molecule has 7 nitrogen and oxygen atoms in total. The van der Waals surface area contributed by atoms with Gasteiger partial charge in [-0.1, -0.05) is 25.1 Å². The Morgan fingerprint density at radius 2 is 1.74 bits per heavy atom. The molecule has 5 rings (SSSR count). The zero-order valence-electron chi connectivity index (χ0n) is 19.4. The van der Waals surface area contributed by atoms with Crippen LogP contribution in [0.3, 0.4) is 0 Å². The van der Waals surface area contributed by atoms with Gasteiger partial charge in [-0.2, -0.15) is 0 Å². The van der Waals surface area contributed by atoms with Crippen LogP contribution in [-0.4, -0.2) is 33.2 Å². The van der Waals surface area contributed by atoms with E-state index in [-0.39, 0.29) is 18.4 Å². The number of fused-ring (bicyclic) bond motifs is 1. The number of benzene rings is 2. The lowest BCUT2D eigenvalue weighted by Gasteiger charge is -2.17. The highest BCUT2D eigenvalue weighted by Crippen LogP contribution is 2.35. The minimum Gasteiger partial charge on any atom is -0.493 e. The predicted octanol–water partition coefficient (Wildman–Crippen LogP) is 5.23. The average Bonchev–Trinajstić information content (AvgIpc) is 3.49. The minimum atomic E-state index is -0.412. The molecular formula is C27H27N3O4. The topological polar surface area (TPSA) is 75.4 Å². The summed E-state index contributed by atoms with van der Waals surface area (Å²) in [7, 11) is 1.64. The molecule has 0 atom stereocenters. The number of hydrogen-bond acceptors (Lipinski definition) is 5. The Hall–Kier alpha value is -3.87. The van der Waals surface area contributed by atoms with Gasteiger partial charge in [0.25, 0.3) is 0 Å². The molecule has 34 heavy (non-hydrogen) atoms. The molecular weight excluding hydrogens is 430 g/mol. The van der Waals surface area contributed by atoms with Gasteiger partial charge in [-0.15, -0.1) is 0 Å². The molecule has 2 aromatic heterocycles. The van der Waals surface area contributed by atoms with Gasteiger partial charge in [0.15, 0.2) is 11.5 Å². The van der Waals surface area contributed by atoms with Crippen molar-refractivity contribution >= 4 is 16.9 Å². The Kier molecular flexibility index (Phi) is 5.92. The second-order valence-electron chi connectivity index (χ2n) is 8.48. The van der Waals surface area contributed by atoms with Crippen LogP contribution in [0.4, 0.5) is 0 Å². The highest BCUT2D eigenvalue weighted by molar-refractivity contribution is 5.91. The molecule has 1 aliphatic rings. The Labute approximate surface area is 197 Å². The fourth-order valence-corrected chi connectivity index (χ4v) is 4.59. The third-order valence-electron chi connectivity index (χ3n) is 6.37. The monoisotopic (exact) mass is 457 g/mol. The fourth-order valence-electron chi connectivity index (χ4n) is 4.59. The Bertz CT molecular complexity index is 1400. The van der Waals surface area contributed by atoms with Crippen molar-refractivity contribution in [3.63, 3.8) is 0 Å². The number of carbonyl (C=O) groups is 1. The summed E-state index contributed by atoms with van der Waals surface area (Å²) in [6.07, 6.45) is 6.70. The zero-order chi connectivity index (χ0) is 23.7. The first-order valence-corrected chi connectivity index (χ1v) is 11.7. The van der Waals surface area contributed by atoms with Crippen molar-refractivity contribution in [3.05, 3.63) is 71.3 Å². The van der Waals surface area contributed by atoms with E-state index in [9.17, 15) is 9.59 Å². The summed E-state index contributed by atoms with van der Waals surface area (Å²) in [5, 5.41) is 0. The third kappa shape index (κ3) is 3.87. The van der Waals surface area contributed by atoms with Crippen molar-refractivity contribution in [1.82, 2.24) is 14.1 Å². The van der Waals surface area contributed by atoms with E-state index >= 15 is 0 Å². The first-order valence-electron chi connectivity index (χ1n) is 11.7. The van der Waals surface area contributed by atoms with Gasteiger partial charge in [-0.3, -0.25) is 4.79 Å². The normalized spacial score (nSPS) is 13.9. The number of rotatable bonds is 6. The lowest BCUT2D eigenvalue weighted by atomic mass is 10.1. The molecule has 7 heteroatoms. The summed E-state index contributed by atoms with van der Waals surface area (Å²) in [6, 6.07) is 16.8. The van der Waals surface area contributed by atoms with E-state index in [1.807, 2.05) is 42.5 Å². The minimum absolute atomic E-state index is 0.222. The van der Waals surface area contributed by atoms with Crippen LogP contribution in [0.25, 0.3) is 28.0 Å². The van der Waals surface area contributed by atoms with Crippen LogP contribution in [0.1, 0.15) is 43.8 Å². The van der Waals surface area contributed by atoms with Crippen LogP contribution in [0.15, 0.2) is 65.6 Å². The number of carbonyl (C=O) groups excluding carboxylic acids is 1. The molecule has 2 heterocycles. The molecule has 1 saturated carbocycles. The van der Waals surface area contributed by atoms with Gasteiger partial charge in [-0.25, -0.2) is 18.9 Å². The van der Waals surface area contributed by atoms with Gasteiger partial charge in [0.05, 0.1) is 24.2 Å². The van der Waals surface area contributed by atoms with Crippen LogP contribution in [-0.2, 0) is 0 Å². The van der Waals surface area contributed by atoms with Crippen LogP contribution in [0, 0.1) is 0 Å². The van der Waals surface area contributed by atoms with Crippen LogP contribution < -0.4 is 15.2 Å². The van der Waals surface area contributed by atoms with E-state index < -0.39 is 5.69 Å². The van der Waals surface area contributed by atoms with Crippen LogP contribution >= 0.6 is 0 Å². The quantitative estimate of drug-likeness (QED) is 0.396. The van der Waals surface area contributed by atoms with E-state index in [0.29, 0.717) is 22.6 Å². The molecule has 0 spiro atoms. The van der Waals surface area contributed by atoms with Crippen molar-refractivity contribution in [1.29, 1.82) is 0 Å². The Morgan fingerprint density at radius 1 is 1.00 bits per heavy atom. The van der Waals surface area contributed by atoms with Gasteiger partial charge >= 0.3 is 5.69 Å². The Morgan fingerprint density at radius 3 is 2.41 bits per heavy atom. The maximum atomic E-state index is 13.2. The van der Waals surface area contributed by atoms with Gasteiger partial charge in [0.1, 0.15) is 5.82 Å². The lowest BCUT2D eigenvalue weighted by molar-refractivity contribution is 0.0909. The summed E-state index contributed by atoms with van der Waals surface area (Å²) >= 11 is 0. The smallest absolute Gasteiger partial charge is 0.341 e. The highest BCUT2D eigenvalue weighted by atomic mass is 16.5. The highest BCUT2D eigenvalue weighted by Gasteiger charge is 2.20. The first-order chi connectivity index (χ1) is 16.6. The van der Waals surface area contributed by atoms with Crippen molar-refractivity contribution in [2.75, 3.05) is 7.11 Å². The molecule has 0 unspecified atom stereocenters. The van der Waals surface area contributed by atoms with E-state index in [0.717, 1.165) is 29.7 Å². The number of hydrogen-bond donors (Lipinski definition) is 0. The van der Waals surface area contributed by atoms with Crippen molar-refractivity contribution in [2.45, 2.75) is 45.1 Å². The second-order valence-corrected chi connectivity index (χ2v) is 8.48. The summed E-state index contributed by atoms with van der Waals surface area (Å²) in [5.74, 6) is 1.65. The van der Waals surface area contributed by atoms with Crippen molar-refractivity contribution in [3.8, 4) is 28.4 Å². The molecule has 0 amide bonds. The largest absolute Gasteiger partial charge is 0.493 e. The van der Waals surface area contributed by atoms with E-state index in [2.05, 4.69) is 4.98 Å². The van der Waals surface area contributed by atoms with E-state index in [1.54, 1.807) is 32.4 Å². The van der Waals surface area contributed by atoms with Gasteiger partial charge < -0.3 is 9.47 Å². The first kappa shape index (κ1) is 21.9. The predicted molar refractivity (Wildman–Crippen MR) is 131 cm³/mol. The van der Waals surface area contributed by atoms with Gasteiger partial charge in [0.2, 0.25) is 5.91 Å². The van der Waals surface area contributed by atoms with Crippen LogP contribution in [0.2, 0.25) is 0 Å². The van der Waals surface area contributed by atoms with Gasteiger partial charge in [-0.05, 0) is 67.6 Å². The van der Waals surface area contributed by atoms with E-state index in [1.165, 1.54) is 22.0 Å². The number of ether oxygens (including phenoxy) is 2. The molecule has 0 N–H and O–H groups in total. The van der Waals surface area contributed by atoms with E-state index in [4.69, 9.17) is 9.47 Å². The maximum absolute atomic E-state index is 13.2. The molecule has 0 aliphatic heterocycles. The number of pyridine rings is 1. The average molecular weight is 458 g/mol. The molecule has 2 aromatic carbocycles. The molecule has 0 saturated heterocycles. The van der Waals surface area contributed by atoms with Crippen LogP contribution in [0.5, 0.6) is 11.5 Å².